The SMILES string of the molecule is CC(C)CCCCCCCC=CCCCCC(=O)O. The second-order valence-corrected chi connectivity index (χ2v) is 5.85. The lowest BCUT2D eigenvalue weighted by molar-refractivity contribution is -0.137. The molecule has 0 unspecified atom stereocenters. The highest BCUT2D eigenvalue weighted by molar-refractivity contribution is 5.66. The summed E-state index contributed by atoms with van der Waals surface area (Å²) >= 11 is 0. The van der Waals surface area contributed by atoms with Crippen molar-refractivity contribution < 1.29 is 9.90 Å². The fourth-order valence-corrected chi connectivity index (χ4v) is 2.12. The maximum Gasteiger partial charge on any atom is 0.303 e. The Bertz CT molecular complexity index is 231. The molecule has 0 aliphatic rings. The number of hydrogen-bond donors (Lipinski definition) is 1. The Labute approximate surface area is 119 Å². The number of hydrogen-bond acceptors (Lipinski definition) is 1. The minimum absolute atomic E-state index is 0.310. The van der Waals surface area contributed by atoms with Crippen LogP contribution in [0.3, 0.4) is 0 Å². The van der Waals surface area contributed by atoms with Gasteiger partial charge in [0.1, 0.15) is 0 Å². The molecule has 0 aromatic rings. The Morgan fingerprint density at radius 1 is 0.895 bits per heavy atom. The number of carboxylic acid groups (broad SMARTS) is 1. The lowest BCUT2D eigenvalue weighted by atomic mass is 10.0. The third-order valence-electron chi connectivity index (χ3n) is 3.33. The maximum atomic E-state index is 10.3. The van der Waals surface area contributed by atoms with Crippen molar-refractivity contribution in [1.82, 2.24) is 0 Å². The van der Waals surface area contributed by atoms with Crippen LogP contribution in [0.4, 0.5) is 0 Å². The number of unbranched alkanes of at least 4 members (excludes halogenated alkanes) is 7. The molecule has 0 aliphatic heterocycles. The average molecular weight is 268 g/mol. The molecule has 2 heteroatoms. The van der Waals surface area contributed by atoms with E-state index in [1.54, 1.807) is 0 Å². The van der Waals surface area contributed by atoms with Crippen LogP contribution < -0.4 is 0 Å². The van der Waals surface area contributed by atoms with Gasteiger partial charge in [-0.1, -0.05) is 58.1 Å². The third kappa shape index (κ3) is 17.2. The second kappa shape index (κ2) is 13.6. The van der Waals surface area contributed by atoms with E-state index < -0.39 is 5.97 Å². The summed E-state index contributed by atoms with van der Waals surface area (Å²) in [5.41, 5.74) is 0. The summed E-state index contributed by atoms with van der Waals surface area (Å²) in [7, 11) is 0. The van der Waals surface area contributed by atoms with Crippen molar-refractivity contribution >= 4 is 5.97 Å². The third-order valence-corrected chi connectivity index (χ3v) is 3.33. The van der Waals surface area contributed by atoms with Crippen molar-refractivity contribution in [2.45, 2.75) is 84.5 Å². The van der Waals surface area contributed by atoms with Gasteiger partial charge in [-0.15, -0.1) is 0 Å². The van der Waals surface area contributed by atoms with Crippen LogP contribution in [0, 0.1) is 5.92 Å². The Balaban J connectivity index is 3.10. The number of aliphatic carboxylic acids is 1. The molecule has 0 bridgehead atoms. The van der Waals surface area contributed by atoms with Crippen molar-refractivity contribution in [1.29, 1.82) is 0 Å². The lowest BCUT2D eigenvalue weighted by Gasteiger charge is -2.03. The number of carboxylic acids is 1. The van der Waals surface area contributed by atoms with E-state index in [9.17, 15) is 4.79 Å². The van der Waals surface area contributed by atoms with Crippen molar-refractivity contribution in [3.63, 3.8) is 0 Å². The summed E-state index contributed by atoms with van der Waals surface area (Å²) in [5, 5.41) is 8.49. The molecule has 0 aliphatic carbocycles. The molecule has 0 amide bonds. The summed E-state index contributed by atoms with van der Waals surface area (Å²) in [6.45, 7) is 4.59. The molecule has 19 heavy (non-hydrogen) atoms. The minimum atomic E-state index is -0.679. The van der Waals surface area contributed by atoms with Gasteiger partial charge in [-0.3, -0.25) is 4.79 Å². The first-order valence-electron chi connectivity index (χ1n) is 7.99. The Hall–Kier alpha value is -0.790. The van der Waals surface area contributed by atoms with Gasteiger partial charge in [-0.2, -0.15) is 0 Å². The van der Waals surface area contributed by atoms with Crippen LogP contribution in [0.5, 0.6) is 0 Å². The molecule has 0 atom stereocenters. The Kier molecular flexibility index (Phi) is 13.1. The summed E-state index contributed by atoms with van der Waals surface area (Å²) in [6.07, 6.45) is 17.0. The van der Waals surface area contributed by atoms with Gasteiger partial charge >= 0.3 is 5.97 Å². The highest BCUT2D eigenvalue weighted by atomic mass is 16.4. The molecule has 0 rings (SSSR count). The van der Waals surface area contributed by atoms with Crippen LogP contribution in [0.1, 0.15) is 84.5 Å². The summed E-state index contributed by atoms with van der Waals surface area (Å²) in [6, 6.07) is 0. The van der Waals surface area contributed by atoms with E-state index in [1.807, 2.05) is 0 Å². The molecule has 0 fully saturated rings. The Morgan fingerprint density at radius 3 is 2.00 bits per heavy atom. The predicted octanol–water partition coefficient (Wildman–Crippen LogP) is 5.57. The highest BCUT2D eigenvalue weighted by Crippen LogP contribution is 2.11. The minimum Gasteiger partial charge on any atom is -0.481 e. The molecule has 0 saturated heterocycles. The standard InChI is InChI=1S/C17H32O2/c1-16(2)14-12-10-8-6-4-3-5-7-9-11-13-15-17(18)19/h5,7,16H,3-4,6,8-15H2,1-2H3,(H,18,19). The van der Waals surface area contributed by atoms with Gasteiger partial charge in [0.2, 0.25) is 0 Å². The fraction of sp³-hybridized carbons (Fsp3) is 0.824. The van der Waals surface area contributed by atoms with Crippen LogP contribution in [-0.2, 0) is 4.79 Å². The highest BCUT2D eigenvalue weighted by Gasteiger charge is 1.95. The molecule has 112 valence electrons. The average Bonchev–Trinajstić information content (AvgIpc) is 2.34. The molecule has 1 N–H and O–H groups in total. The fourth-order valence-electron chi connectivity index (χ4n) is 2.12. The van der Waals surface area contributed by atoms with Gasteiger partial charge in [0.15, 0.2) is 0 Å². The van der Waals surface area contributed by atoms with Gasteiger partial charge in [0.25, 0.3) is 0 Å². The quantitative estimate of drug-likeness (QED) is 0.350. The van der Waals surface area contributed by atoms with Gasteiger partial charge in [-0.25, -0.2) is 0 Å². The molecule has 0 spiro atoms. The second-order valence-electron chi connectivity index (χ2n) is 5.85. The zero-order valence-corrected chi connectivity index (χ0v) is 12.9. The normalized spacial score (nSPS) is 11.5. The zero-order chi connectivity index (χ0) is 14.3. The zero-order valence-electron chi connectivity index (χ0n) is 12.9. The van der Waals surface area contributed by atoms with Crippen molar-refractivity contribution in [2.24, 2.45) is 5.92 Å². The van der Waals surface area contributed by atoms with Crippen LogP contribution in [0.2, 0.25) is 0 Å². The van der Waals surface area contributed by atoms with Gasteiger partial charge in [0, 0.05) is 6.42 Å². The summed E-state index contributed by atoms with van der Waals surface area (Å²) in [4.78, 5) is 10.3. The molecule has 2 nitrogen and oxygen atoms in total. The summed E-state index contributed by atoms with van der Waals surface area (Å²) in [5.74, 6) is 0.172. The van der Waals surface area contributed by atoms with Crippen molar-refractivity contribution in [3.05, 3.63) is 12.2 Å². The summed E-state index contributed by atoms with van der Waals surface area (Å²) < 4.78 is 0. The molecular weight excluding hydrogens is 236 g/mol. The predicted molar refractivity (Wildman–Crippen MR) is 82.4 cm³/mol. The topological polar surface area (TPSA) is 37.3 Å². The van der Waals surface area contributed by atoms with Crippen molar-refractivity contribution in [2.75, 3.05) is 0 Å². The van der Waals surface area contributed by atoms with Crippen LogP contribution in [0.25, 0.3) is 0 Å². The van der Waals surface area contributed by atoms with Crippen LogP contribution >= 0.6 is 0 Å². The van der Waals surface area contributed by atoms with Crippen molar-refractivity contribution in [3.8, 4) is 0 Å². The number of allylic oxidation sites excluding steroid dienone is 2. The van der Waals surface area contributed by atoms with E-state index in [1.165, 1.54) is 44.9 Å². The van der Waals surface area contributed by atoms with E-state index in [0.717, 1.165) is 25.2 Å². The molecule has 0 radical (unpaired) electrons. The van der Waals surface area contributed by atoms with E-state index in [0.29, 0.717) is 6.42 Å². The monoisotopic (exact) mass is 268 g/mol. The van der Waals surface area contributed by atoms with E-state index >= 15 is 0 Å². The largest absolute Gasteiger partial charge is 0.481 e. The number of carbonyl (C=O) groups is 1. The Morgan fingerprint density at radius 2 is 1.42 bits per heavy atom. The smallest absolute Gasteiger partial charge is 0.303 e. The van der Waals surface area contributed by atoms with E-state index in [-0.39, 0.29) is 0 Å². The van der Waals surface area contributed by atoms with E-state index in [4.69, 9.17) is 5.11 Å². The molecule has 0 saturated carbocycles. The first-order valence-corrected chi connectivity index (χ1v) is 7.99. The van der Waals surface area contributed by atoms with Gasteiger partial charge in [0.05, 0.1) is 0 Å². The maximum absolute atomic E-state index is 10.3. The van der Waals surface area contributed by atoms with E-state index in [2.05, 4.69) is 26.0 Å². The molecule has 0 heterocycles. The number of rotatable bonds is 13. The van der Waals surface area contributed by atoms with Crippen LogP contribution in [0.15, 0.2) is 12.2 Å². The lowest BCUT2D eigenvalue weighted by Crippen LogP contribution is -1.92. The first-order chi connectivity index (χ1) is 9.13. The van der Waals surface area contributed by atoms with Gasteiger partial charge in [-0.05, 0) is 38.0 Å². The van der Waals surface area contributed by atoms with Gasteiger partial charge < -0.3 is 5.11 Å². The first kappa shape index (κ1) is 18.2. The molecule has 0 aromatic heterocycles. The van der Waals surface area contributed by atoms with Crippen LogP contribution in [-0.4, -0.2) is 11.1 Å². The molecular formula is C17H32O2. The molecule has 0 aromatic carbocycles.